The molecule has 174 valence electrons. The minimum Gasteiger partial charge on any atom is -0.366 e. The summed E-state index contributed by atoms with van der Waals surface area (Å²) in [4.78, 5) is 20.7. The van der Waals surface area contributed by atoms with Crippen LogP contribution in [-0.4, -0.2) is 39.8 Å². The molecule has 2 aromatic heterocycles. The monoisotopic (exact) mass is 493 g/mol. The van der Waals surface area contributed by atoms with Crippen LogP contribution in [0.15, 0.2) is 34.9 Å². The van der Waals surface area contributed by atoms with E-state index in [-0.39, 0.29) is 30.2 Å². The Labute approximate surface area is 208 Å². The summed E-state index contributed by atoms with van der Waals surface area (Å²) in [5.74, 6) is 0. The predicted octanol–water partition coefficient (Wildman–Crippen LogP) is 6.56. The van der Waals surface area contributed by atoms with Gasteiger partial charge in [-0.2, -0.15) is 0 Å². The number of hydrogen-bond acceptors (Lipinski definition) is 5. The maximum absolute atomic E-state index is 4.81. The van der Waals surface area contributed by atoms with Crippen LogP contribution in [0.3, 0.4) is 0 Å². The lowest BCUT2D eigenvalue weighted by molar-refractivity contribution is 0.552. The van der Waals surface area contributed by atoms with Crippen LogP contribution < -0.4 is 0 Å². The molecule has 0 fully saturated rings. The van der Waals surface area contributed by atoms with Crippen LogP contribution in [-0.2, 0) is 11.8 Å². The minimum atomic E-state index is -0.00366. The molecule has 3 rings (SSSR count). The van der Waals surface area contributed by atoms with Gasteiger partial charge in [0.15, 0.2) is 0 Å². The molecule has 8 heteroatoms. The first-order valence-corrected chi connectivity index (χ1v) is 11.2. The highest BCUT2D eigenvalue weighted by Crippen LogP contribution is 2.28. The molecule has 0 spiro atoms. The van der Waals surface area contributed by atoms with E-state index in [1.54, 1.807) is 11.3 Å². The maximum Gasteiger partial charge on any atom is 0.108 e. The first-order valence-electron chi connectivity index (χ1n) is 10.3. The van der Waals surface area contributed by atoms with Crippen molar-refractivity contribution in [3.05, 3.63) is 57.3 Å². The van der Waals surface area contributed by atoms with Gasteiger partial charge in [0.2, 0.25) is 0 Å². The van der Waals surface area contributed by atoms with Crippen molar-refractivity contribution in [1.29, 1.82) is 0 Å². The summed E-state index contributed by atoms with van der Waals surface area (Å²) in [5.41, 5.74) is 7.41. The van der Waals surface area contributed by atoms with Crippen LogP contribution in [0.5, 0.6) is 0 Å². The van der Waals surface area contributed by atoms with E-state index in [1.165, 1.54) is 16.7 Å². The molecule has 0 bridgehead atoms. The molecule has 0 aliphatic heterocycles. The highest BCUT2D eigenvalue weighted by atomic mass is 35.5. The molecule has 2 heterocycles. The summed E-state index contributed by atoms with van der Waals surface area (Å²) in [6.07, 6.45) is 6.39. The molecule has 0 amide bonds. The topological polar surface area (TPSA) is 54.3 Å². The lowest BCUT2D eigenvalue weighted by Gasteiger charge is -2.16. The van der Waals surface area contributed by atoms with Crippen molar-refractivity contribution in [2.75, 3.05) is 13.6 Å². The van der Waals surface area contributed by atoms with E-state index >= 15 is 0 Å². The number of aliphatic imine (C=N–C) groups is 1. The summed E-state index contributed by atoms with van der Waals surface area (Å²) < 4.78 is 0. The van der Waals surface area contributed by atoms with E-state index in [2.05, 4.69) is 78.9 Å². The Bertz CT molecular complexity index is 1040. The average Bonchev–Trinajstić information content (AvgIpc) is 3.17. The van der Waals surface area contributed by atoms with Gasteiger partial charge in [-0.1, -0.05) is 26.8 Å². The molecule has 32 heavy (non-hydrogen) atoms. The first-order chi connectivity index (χ1) is 14.2. The standard InChI is InChI=1S/C24H31N5S.2ClH/c1-8-29(7)15-27-19-10-16(2)18(9-17(19)3)11-23-28-21(14-30-23)20-12-26-22(13-25-20)24(4,5)6;;/h9-10,12-15H,8,11H2,1-7H3;2*1H/b27-15-;;. The Morgan fingerprint density at radius 1 is 1.03 bits per heavy atom. The Morgan fingerprint density at radius 3 is 2.34 bits per heavy atom. The van der Waals surface area contributed by atoms with Crippen LogP contribution in [0.25, 0.3) is 11.4 Å². The quantitative estimate of drug-likeness (QED) is 0.288. The third-order valence-electron chi connectivity index (χ3n) is 5.12. The average molecular weight is 495 g/mol. The van der Waals surface area contributed by atoms with Crippen LogP contribution >= 0.6 is 36.2 Å². The zero-order chi connectivity index (χ0) is 21.9. The molecule has 0 N–H and O–H groups in total. The third-order valence-corrected chi connectivity index (χ3v) is 5.97. The van der Waals surface area contributed by atoms with Crippen molar-refractivity contribution in [2.24, 2.45) is 4.99 Å². The number of benzene rings is 1. The normalized spacial score (nSPS) is 11.2. The molecular formula is C24H33Cl2N5S. The van der Waals surface area contributed by atoms with Crippen molar-refractivity contribution in [3.63, 3.8) is 0 Å². The van der Waals surface area contributed by atoms with E-state index in [0.29, 0.717) is 0 Å². The lowest BCUT2D eigenvalue weighted by Crippen LogP contribution is -2.14. The summed E-state index contributed by atoms with van der Waals surface area (Å²) in [6.45, 7) is 13.7. The van der Waals surface area contributed by atoms with Crippen LogP contribution in [0.4, 0.5) is 5.69 Å². The van der Waals surface area contributed by atoms with Crippen LogP contribution in [0.2, 0.25) is 0 Å². The van der Waals surface area contributed by atoms with Gasteiger partial charge in [-0.25, -0.2) is 9.98 Å². The van der Waals surface area contributed by atoms with E-state index in [1.807, 2.05) is 25.8 Å². The van der Waals surface area contributed by atoms with Gasteiger partial charge in [-0.05, 0) is 43.5 Å². The van der Waals surface area contributed by atoms with E-state index < -0.39 is 0 Å². The predicted molar refractivity (Wildman–Crippen MR) is 142 cm³/mol. The lowest BCUT2D eigenvalue weighted by atomic mass is 9.93. The van der Waals surface area contributed by atoms with Crippen molar-refractivity contribution >= 4 is 48.2 Å². The maximum atomic E-state index is 4.81. The number of aryl methyl sites for hydroxylation is 2. The van der Waals surface area contributed by atoms with Gasteiger partial charge in [-0.15, -0.1) is 36.2 Å². The highest BCUT2D eigenvalue weighted by molar-refractivity contribution is 7.10. The highest BCUT2D eigenvalue weighted by Gasteiger charge is 2.16. The SMILES string of the molecule is CCN(C)/C=N\c1cc(C)c(Cc2nc(-c3cnc(C(C)(C)C)cn3)cs2)cc1C.Cl.Cl. The van der Waals surface area contributed by atoms with Gasteiger partial charge in [0.05, 0.1) is 28.9 Å². The van der Waals surface area contributed by atoms with Gasteiger partial charge in [0.1, 0.15) is 11.4 Å². The van der Waals surface area contributed by atoms with Gasteiger partial charge in [0.25, 0.3) is 0 Å². The fraction of sp³-hybridized carbons (Fsp3) is 0.417. The fourth-order valence-corrected chi connectivity index (χ4v) is 3.76. The van der Waals surface area contributed by atoms with Crippen LogP contribution in [0.1, 0.15) is 55.1 Å². The molecule has 0 aliphatic carbocycles. The van der Waals surface area contributed by atoms with Gasteiger partial charge < -0.3 is 4.90 Å². The molecule has 1 aromatic carbocycles. The second-order valence-corrected chi connectivity index (χ2v) is 9.67. The Balaban J connectivity index is 0.00000256. The van der Waals surface area contributed by atoms with E-state index in [0.717, 1.165) is 40.7 Å². The molecular weight excluding hydrogens is 461 g/mol. The molecule has 5 nitrogen and oxygen atoms in total. The van der Waals surface area contributed by atoms with Gasteiger partial charge in [0, 0.05) is 37.0 Å². The minimum absolute atomic E-state index is 0. The largest absolute Gasteiger partial charge is 0.366 e. The molecule has 0 aliphatic rings. The molecule has 3 aromatic rings. The third kappa shape index (κ3) is 6.99. The Morgan fingerprint density at radius 2 is 1.75 bits per heavy atom. The summed E-state index contributed by atoms with van der Waals surface area (Å²) >= 11 is 1.67. The summed E-state index contributed by atoms with van der Waals surface area (Å²) in [6, 6.07) is 4.39. The number of rotatable bonds is 6. The number of nitrogens with zero attached hydrogens (tertiary/aromatic N) is 5. The van der Waals surface area contributed by atoms with Crippen molar-refractivity contribution < 1.29 is 0 Å². The van der Waals surface area contributed by atoms with Crippen molar-refractivity contribution in [1.82, 2.24) is 19.9 Å². The number of halogens is 2. The fourth-order valence-electron chi connectivity index (χ4n) is 2.95. The van der Waals surface area contributed by atoms with E-state index in [9.17, 15) is 0 Å². The van der Waals surface area contributed by atoms with Crippen molar-refractivity contribution in [3.8, 4) is 11.4 Å². The van der Waals surface area contributed by atoms with Gasteiger partial charge >= 0.3 is 0 Å². The first kappa shape index (κ1) is 28.0. The number of thiazole rings is 1. The van der Waals surface area contributed by atoms with Crippen LogP contribution in [0, 0.1) is 13.8 Å². The number of aromatic nitrogens is 3. The second kappa shape index (κ2) is 11.7. The molecule has 0 atom stereocenters. The summed E-state index contributed by atoms with van der Waals surface area (Å²) in [7, 11) is 2.03. The zero-order valence-corrected chi connectivity index (χ0v) is 22.3. The van der Waals surface area contributed by atoms with Gasteiger partial charge in [-0.3, -0.25) is 9.97 Å². The molecule has 0 saturated heterocycles. The Hall–Kier alpha value is -2.02. The Kier molecular flexibility index (Phi) is 10.3. The molecule has 0 saturated carbocycles. The smallest absolute Gasteiger partial charge is 0.108 e. The summed E-state index contributed by atoms with van der Waals surface area (Å²) in [5, 5.41) is 3.15. The van der Waals surface area contributed by atoms with Crippen molar-refractivity contribution in [2.45, 2.75) is 53.4 Å². The number of hydrogen-bond donors (Lipinski definition) is 0. The van der Waals surface area contributed by atoms with E-state index in [4.69, 9.17) is 4.98 Å². The molecule has 0 radical (unpaired) electrons. The zero-order valence-electron chi connectivity index (χ0n) is 19.8. The second-order valence-electron chi connectivity index (χ2n) is 8.72. The molecule has 0 unspecified atom stereocenters.